The van der Waals surface area contributed by atoms with Crippen molar-refractivity contribution in [2.45, 2.75) is 19.1 Å². The smallest absolute Gasteiger partial charge is 0.302 e. The van der Waals surface area contributed by atoms with Gasteiger partial charge in [-0.3, -0.25) is 4.98 Å². The molecule has 0 amide bonds. The summed E-state index contributed by atoms with van der Waals surface area (Å²) in [6.45, 7) is 0.686. The summed E-state index contributed by atoms with van der Waals surface area (Å²) in [7, 11) is 0. The molecule has 1 heterocycles. The zero-order chi connectivity index (χ0) is 10.6. The maximum Gasteiger partial charge on any atom is 0.401 e. The predicted octanol–water partition coefficient (Wildman–Crippen LogP) is 2.29. The highest BCUT2D eigenvalue weighted by Crippen LogP contribution is 2.16. The van der Waals surface area contributed by atoms with Crippen LogP contribution >= 0.6 is 0 Å². The molecule has 0 fully saturated rings. The van der Waals surface area contributed by atoms with Gasteiger partial charge in [0.25, 0.3) is 0 Å². The van der Waals surface area contributed by atoms with Gasteiger partial charge in [0.1, 0.15) is 0 Å². The molecule has 0 saturated carbocycles. The number of rotatable bonds is 3. The Morgan fingerprint density at radius 2 is 2.21 bits per heavy atom. The first-order chi connectivity index (χ1) is 6.49. The SMILES string of the molecule is C[C@@H](NCC(F)(F)F)c1cccnc1. The molecule has 0 spiro atoms. The zero-order valence-electron chi connectivity index (χ0n) is 7.67. The van der Waals surface area contributed by atoms with Gasteiger partial charge in [-0.05, 0) is 18.6 Å². The van der Waals surface area contributed by atoms with Gasteiger partial charge in [0.15, 0.2) is 0 Å². The summed E-state index contributed by atoms with van der Waals surface area (Å²) >= 11 is 0. The van der Waals surface area contributed by atoms with E-state index in [1.807, 2.05) is 0 Å². The monoisotopic (exact) mass is 204 g/mol. The van der Waals surface area contributed by atoms with E-state index in [4.69, 9.17) is 0 Å². The van der Waals surface area contributed by atoms with Crippen LogP contribution in [0.25, 0.3) is 0 Å². The van der Waals surface area contributed by atoms with E-state index in [0.717, 1.165) is 5.56 Å². The summed E-state index contributed by atoms with van der Waals surface area (Å²) in [6, 6.07) is 3.09. The Bertz CT molecular complexity index is 271. The second kappa shape index (κ2) is 4.41. The van der Waals surface area contributed by atoms with Crippen LogP contribution in [0.3, 0.4) is 0 Å². The first kappa shape index (κ1) is 11.0. The Morgan fingerprint density at radius 3 is 2.71 bits per heavy atom. The second-order valence-corrected chi connectivity index (χ2v) is 3.00. The van der Waals surface area contributed by atoms with Crippen molar-refractivity contribution in [2.75, 3.05) is 6.54 Å². The van der Waals surface area contributed by atoms with E-state index in [-0.39, 0.29) is 6.04 Å². The van der Waals surface area contributed by atoms with Crippen molar-refractivity contribution in [1.29, 1.82) is 0 Å². The summed E-state index contributed by atoms with van der Waals surface area (Å²) in [4.78, 5) is 3.83. The van der Waals surface area contributed by atoms with Crippen molar-refractivity contribution in [3.8, 4) is 0 Å². The average molecular weight is 204 g/mol. The molecular weight excluding hydrogens is 193 g/mol. The van der Waals surface area contributed by atoms with Crippen LogP contribution in [0.1, 0.15) is 18.5 Å². The highest BCUT2D eigenvalue weighted by atomic mass is 19.4. The molecule has 5 heteroatoms. The van der Waals surface area contributed by atoms with Crippen molar-refractivity contribution >= 4 is 0 Å². The Kier molecular flexibility index (Phi) is 3.46. The van der Waals surface area contributed by atoms with Gasteiger partial charge in [-0.1, -0.05) is 6.07 Å². The summed E-state index contributed by atoms with van der Waals surface area (Å²) in [6.07, 6.45) is -1.04. The molecule has 1 aromatic heterocycles. The van der Waals surface area contributed by atoms with Gasteiger partial charge in [-0.25, -0.2) is 0 Å². The second-order valence-electron chi connectivity index (χ2n) is 3.00. The third-order valence-corrected chi connectivity index (χ3v) is 1.79. The number of alkyl halides is 3. The van der Waals surface area contributed by atoms with Gasteiger partial charge < -0.3 is 5.32 Å². The molecule has 0 aliphatic rings. The van der Waals surface area contributed by atoms with Crippen LogP contribution < -0.4 is 5.32 Å². The quantitative estimate of drug-likeness (QED) is 0.817. The lowest BCUT2D eigenvalue weighted by molar-refractivity contribution is -0.126. The van der Waals surface area contributed by atoms with E-state index in [1.165, 1.54) is 0 Å². The zero-order valence-corrected chi connectivity index (χ0v) is 7.67. The Hall–Kier alpha value is -1.10. The fourth-order valence-electron chi connectivity index (χ4n) is 1.02. The molecule has 0 saturated heterocycles. The summed E-state index contributed by atoms with van der Waals surface area (Å²) < 4.78 is 35.6. The van der Waals surface area contributed by atoms with Crippen LogP contribution in [0.15, 0.2) is 24.5 Å². The average Bonchev–Trinajstić information content (AvgIpc) is 2.14. The van der Waals surface area contributed by atoms with Crippen molar-refractivity contribution < 1.29 is 13.2 Å². The minimum atomic E-state index is -4.17. The third-order valence-electron chi connectivity index (χ3n) is 1.79. The van der Waals surface area contributed by atoms with E-state index >= 15 is 0 Å². The molecule has 0 radical (unpaired) electrons. The number of aromatic nitrogens is 1. The topological polar surface area (TPSA) is 24.9 Å². The van der Waals surface area contributed by atoms with Gasteiger partial charge in [-0.2, -0.15) is 13.2 Å². The van der Waals surface area contributed by atoms with Crippen molar-refractivity contribution in [3.63, 3.8) is 0 Å². The first-order valence-electron chi connectivity index (χ1n) is 4.19. The largest absolute Gasteiger partial charge is 0.401 e. The molecule has 1 rings (SSSR count). The van der Waals surface area contributed by atoms with Gasteiger partial charge in [0.05, 0.1) is 6.54 Å². The lowest BCUT2D eigenvalue weighted by atomic mass is 10.1. The minimum Gasteiger partial charge on any atom is -0.302 e. The normalized spacial score (nSPS) is 14.0. The van der Waals surface area contributed by atoms with Crippen LogP contribution in [0.5, 0.6) is 0 Å². The van der Waals surface area contributed by atoms with E-state index < -0.39 is 12.7 Å². The fourth-order valence-corrected chi connectivity index (χ4v) is 1.02. The van der Waals surface area contributed by atoms with Crippen LogP contribution in [0.4, 0.5) is 13.2 Å². The number of hydrogen-bond donors (Lipinski definition) is 1. The molecule has 0 aliphatic heterocycles. The third kappa shape index (κ3) is 3.74. The molecule has 0 unspecified atom stereocenters. The lowest BCUT2D eigenvalue weighted by Gasteiger charge is -2.15. The molecule has 2 nitrogen and oxygen atoms in total. The molecule has 14 heavy (non-hydrogen) atoms. The van der Waals surface area contributed by atoms with Crippen LogP contribution in [0.2, 0.25) is 0 Å². The van der Waals surface area contributed by atoms with E-state index in [0.29, 0.717) is 0 Å². The predicted molar refractivity (Wildman–Crippen MR) is 46.7 cm³/mol. The van der Waals surface area contributed by atoms with Crippen molar-refractivity contribution in [1.82, 2.24) is 10.3 Å². The fraction of sp³-hybridized carbons (Fsp3) is 0.444. The van der Waals surface area contributed by atoms with Crippen molar-refractivity contribution in [2.24, 2.45) is 0 Å². The summed E-state index contributed by atoms with van der Waals surface area (Å²) in [5, 5.41) is 2.37. The Balaban J connectivity index is 2.48. The Morgan fingerprint density at radius 1 is 1.50 bits per heavy atom. The van der Waals surface area contributed by atoms with E-state index in [2.05, 4.69) is 10.3 Å². The molecule has 1 aromatic rings. The molecule has 0 bridgehead atoms. The number of hydrogen-bond acceptors (Lipinski definition) is 2. The maximum absolute atomic E-state index is 11.9. The highest BCUT2D eigenvalue weighted by molar-refractivity contribution is 5.12. The molecule has 0 aliphatic carbocycles. The minimum absolute atomic E-state index is 0.342. The van der Waals surface area contributed by atoms with Gasteiger partial charge in [-0.15, -0.1) is 0 Å². The van der Waals surface area contributed by atoms with Gasteiger partial charge in [0, 0.05) is 18.4 Å². The number of nitrogens with zero attached hydrogens (tertiary/aromatic N) is 1. The molecule has 1 N–H and O–H groups in total. The number of pyridine rings is 1. The Labute approximate surface area is 80.2 Å². The van der Waals surface area contributed by atoms with Crippen LogP contribution in [-0.4, -0.2) is 17.7 Å². The first-order valence-corrected chi connectivity index (χ1v) is 4.19. The maximum atomic E-state index is 11.9. The highest BCUT2D eigenvalue weighted by Gasteiger charge is 2.27. The standard InChI is InChI=1S/C9H11F3N2/c1-7(14-6-9(10,11)12)8-3-2-4-13-5-8/h2-5,7,14H,6H2,1H3/t7-/m1/s1. The summed E-state index contributed by atoms with van der Waals surface area (Å²) in [5.41, 5.74) is 0.747. The lowest BCUT2D eigenvalue weighted by Crippen LogP contribution is -2.30. The van der Waals surface area contributed by atoms with E-state index in [9.17, 15) is 13.2 Å². The molecule has 0 aromatic carbocycles. The summed E-state index contributed by atoms with van der Waals surface area (Å²) in [5.74, 6) is 0. The van der Waals surface area contributed by atoms with Gasteiger partial charge >= 0.3 is 6.18 Å². The number of nitrogens with one attached hydrogen (secondary N) is 1. The molecular formula is C9H11F3N2. The molecule has 78 valence electrons. The van der Waals surface area contributed by atoms with Crippen LogP contribution in [0, 0.1) is 0 Å². The molecule has 1 atom stereocenters. The van der Waals surface area contributed by atoms with E-state index in [1.54, 1.807) is 31.5 Å². The van der Waals surface area contributed by atoms with Gasteiger partial charge in [0.2, 0.25) is 0 Å². The van der Waals surface area contributed by atoms with Crippen LogP contribution in [-0.2, 0) is 0 Å². The van der Waals surface area contributed by atoms with Crippen molar-refractivity contribution in [3.05, 3.63) is 30.1 Å². The number of halogens is 3.